The third kappa shape index (κ3) is 5.58. The van der Waals surface area contributed by atoms with E-state index in [4.69, 9.17) is 4.74 Å². The van der Waals surface area contributed by atoms with Crippen molar-refractivity contribution in [3.63, 3.8) is 0 Å². The first-order valence-electron chi connectivity index (χ1n) is 12.8. The van der Waals surface area contributed by atoms with Crippen LogP contribution in [0.5, 0.6) is 5.75 Å². The van der Waals surface area contributed by atoms with Gasteiger partial charge in [-0.25, -0.2) is 13.2 Å². The smallest absolute Gasteiger partial charge is 0.190 e. The van der Waals surface area contributed by atoms with Crippen LogP contribution < -0.4 is 4.74 Å². The third-order valence-electron chi connectivity index (χ3n) is 8.17. The fourth-order valence-corrected chi connectivity index (χ4v) is 6.34. The fourth-order valence-electron chi connectivity index (χ4n) is 6.34. The lowest BCUT2D eigenvalue weighted by molar-refractivity contribution is 0.113. The number of ether oxygens (including phenoxy) is 1. The van der Waals surface area contributed by atoms with Crippen LogP contribution in [0, 0.1) is 35.2 Å². The Kier molecular flexibility index (Phi) is 8.03. The minimum Gasteiger partial charge on any atom is -0.491 e. The van der Waals surface area contributed by atoms with Gasteiger partial charge < -0.3 is 4.74 Å². The molecule has 0 radical (unpaired) electrons. The second-order valence-electron chi connectivity index (χ2n) is 10.3. The predicted molar refractivity (Wildman–Crippen MR) is 128 cm³/mol. The molecule has 0 amide bonds. The summed E-state index contributed by atoms with van der Waals surface area (Å²) in [6, 6.07) is 7.46. The van der Waals surface area contributed by atoms with Gasteiger partial charge in [-0.15, -0.1) is 0 Å². The molecule has 0 aliphatic heterocycles. The lowest BCUT2D eigenvalue weighted by Crippen LogP contribution is -2.30. The Hall–Kier alpha value is -1.97. The van der Waals surface area contributed by atoms with E-state index in [9.17, 15) is 8.78 Å². The van der Waals surface area contributed by atoms with Crippen molar-refractivity contribution in [3.8, 4) is 16.9 Å². The van der Waals surface area contributed by atoms with Crippen LogP contribution in [0.3, 0.4) is 0 Å². The Morgan fingerprint density at radius 1 is 0.818 bits per heavy atom. The van der Waals surface area contributed by atoms with Crippen LogP contribution >= 0.6 is 0 Å². The zero-order valence-corrected chi connectivity index (χ0v) is 20.0. The first-order chi connectivity index (χ1) is 16.0. The maximum atomic E-state index is 15.0. The Morgan fingerprint density at radius 3 is 2.24 bits per heavy atom. The molecular weight excluding hydrogens is 421 g/mol. The SMILES string of the molecule is CCCCCCC1CC[C@@H]2C[C@H](c3ccc(-c4cc(F)c(OC)c(F)c4)c(F)c3)CC[C@@H]2C1. The van der Waals surface area contributed by atoms with E-state index in [1.807, 2.05) is 6.07 Å². The van der Waals surface area contributed by atoms with Gasteiger partial charge in [-0.3, -0.25) is 0 Å². The predicted octanol–water partition coefficient (Wildman–Crippen LogP) is 9.05. The molecule has 0 heterocycles. The molecule has 2 aliphatic carbocycles. The van der Waals surface area contributed by atoms with E-state index in [1.165, 1.54) is 64.9 Å². The first kappa shape index (κ1) is 24.2. The average molecular weight is 459 g/mol. The first-order valence-corrected chi connectivity index (χ1v) is 12.8. The maximum absolute atomic E-state index is 15.0. The van der Waals surface area contributed by atoms with Crippen molar-refractivity contribution >= 4 is 0 Å². The number of rotatable bonds is 8. The van der Waals surface area contributed by atoms with E-state index in [2.05, 4.69) is 6.92 Å². The van der Waals surface area contributed by atoms with Gasteiger partial charge in [-0.1, -0.05) is 57.6 Å². The van der Waals surface area contributed by atoms with Crippen LogP contribution in [-0.4, -0.2) is 7.11 Å². The molecule has 0 N–H and O–H groups in total. The van der Waals surface area contributed by atoms with Crippen LogP contribution in [0.25, 0.3) is 11.1 Å². The van der Waals surface area contributed by atoms with Crippen molar-refractivity contribution in [1.82, 2.24) is 0 Å². The van der Waals surface area contributed by atoms with Gasteiger partial charge in [0.1, 0.15) is 5.82 Å². The second-order valence-corrected chi connectivity index (χ2v) is 10.3. The second kappa shape index (κ2) is 11.0. The number of methoxy groups -OCH3 is 1. The molecular formula is C29H37F3O. The summed E-state index contributed by atoms with van der Waals surface area (Å²) in [5, 5.41) is 0. The molecule has 2 fully saturated rings. The monoisotopic (exact) mass is 458 g/mol. The molecule has 4 atom stereocenters. The Morgan fingerprint density at radius 2 is 1.55 bits per heavy atom. The summed E-state index contributed by atoms with van der Waals surface area (Å²) >= 11 is 0. The minimum absolute atomic E-state index is 0.191. The summed E-state index contributed by atoms with van der Waals surface area (Å²) in [5.41, 5.74) is 1.43. The van der Waals surface area contributed by atoms with Crippen molar-refractivity contribution in [3.05, 3.63) is 53.3 Å². The molecule has 0 saturated heterocycles. The topological polar surface area (TPSA) is 9.23 Å². The lowest BCUT2D eigenvalue weighted by atomic mass is 9.63. The summed E-state index contributed by atoms with van der Waals surface area (Å²) in [6.07, 6.45) is 14.3. The molecule has 33 heavy (non-hydrogen) atoms. The molecule has 4 heteroatoms. The van der Waals surface area contributed by atoms with Crippen molar-refractivity contribution in [2.45, 2.75) is 83.5 Å². The molecule has 2 aromatic carbocycles. The van der Waals surface area contributed by atoms with Crippen LogP contribution in [0.2, 0.25) is 0 Å². The standard InChI is InChI=1S/C29H37F3O/c1-3-4-5-6-7-19-8-9-21-15-22(11-10-20(21)14-19)23-12-13-25(26(30)16-23)24-17-27(31)29(33-2)28(32)18-24/h12-13,16-22H,3-11,14-15H2,1-2H3/t19?,20-,21-,22-/m1/s1. The largest absolute Gasteiger partial charge is 0.491 e. The molecule has 1 nitrogen and oxygen atoms in total. The van der Waals surface area contributed by atoms with Crippen molar-refractivity contribution in [2.24, 2.45) is 17.8 Å². The summed E-state index contributed by atoms with van der Waals surface area (Å²) in [7, 11) is 1.21. The van der Waals surface area contributed by atoms with Crippen LogP contribution in [0.15, 0.2) is 30.3 Å². The number of halogens is 3. The van der Waals surface area contributed by atoms with E-state index in [-0.39, 0.29) is 11.1 Å². The van der Waals surface area contributed by atoms with Gasteiger partial charge in [0.2, 0.25) is 0 Å². The van der Waals surface area contributed by atoms with Gasteiger partial charge in [0.25, 0.3) is 0 Å². The summed E-state index contributed by atoms with van der Waals surface area (Å²) < 4.78 is 47.9. The van der Waals surface area contributed by atoms with Gasteiger partial charge in [0, 0.05) is 5.56 Å². The molecule has 0 bridgehead atoms. The minimum atomic E-state index is -0.824. The van der Waals surface area contributed by atoms with E-state index >= 15 is 4.39 Å². The molecule has 2 aliphatic rings. The van der Waals surface area contributed by atoms with E-state index in [1.54, 1.807) is 12.1 Å². The Labute approximate surface area is 196 Å². The lowest BCUT2D eigenvalue weighted by Gasteiger charge is -2.42. The highest BCUT2D eigenvalue weighted by Crippen LogP contribution is 2.48. The molecule has 0 aromatic heterocycles. The molecule has 0 spiro atoms. The molecule has 2 aromatic rings. The van der Waals surface area contributed by atoms with Gasteiger partial charge >= 0.3 is 0 Å². The highest BCUT2D eigenvalue weighted by molar-refractivity contribution is 5.66. The van der Waals surface area contributed by atoms with Crippen molar-refractivity contribution in [2.75, 3.05) is 7.11 Å². The third-order valence-corrected chi connectivity index (χ3v) is 8.17. The Balaban J connectivity index is 1.39. The van der Waals surface area contributed by atoms with Crippen molar-refractivity contribution in [1.29, 1.82) is 0 Å². The fraction of sp³-hybridized carbons (Fsp3) is 0.586. The van der Waals surface area contributed by atoms with E-state index in [0.29, 0.717) is 5.92 Å². The summed E-state index contributed by atoms with van der Waals surface area (Å²) in [6.45, 7) is 2.27. The summed E-state index contributed by atoms with van der Waals surface area (Å²) in [5.74, 6) is 0.355. The molecule has 180 valence electrons. The van der Waals surface area contributed by atoms with Gasteiger partial charge in [0.05, 0.1) is 7.11 Å². The van der Waals surface area contributed by atoms with Crippen molar-refractivity contribution < 1.29 is 17.9 Å². The van der Waals surface area contributed by atoms with Crippen LogP contribution in [0.4, 0.5) is 13.2 Å². The maximum Gasteiger partial charge on any atom is 0.190 e. The molecule has 1 unspecified atom stereocenters. The number of unbranched alkanes of at least 4 members (excludes halogenated alkanes) is 3. The quantitative estimate of drug-likeness (QED) is 0.359. The van der Waals surface area contributed by atoms with Gasteiger partial charge in [0.15, 0.2) is 17.4 Å². The van der Waals surface area contributed by atoms with E-state index < -0.39 is 23.2 Å². The molecule has 4 rings (SSSR count). The highest BCUT2D eigenvalue weighted by atomic mass is 19.1. The number of hydrogen-bond acceptors (Lipinski definition) is 1. The van der Waals surface area contributed by atoms with Gasteiger partial charge in [-0.05, 0) is 85.1 Å². The van der Waals surface area contributed by atoms with Gasteiger partial charge in [-0.2, -0.15) is 0 Å². The normalized spacial score (nSPS) is 25.0. The van der Waals surface area contributed by atoms with E-state index in [0.717, 1.165) is 48.3 Å². The number of hydrogen-bond donors (Lipinski definition) is 0. The zero-order valence-electron chi connectivity index (χ0n) is 20.0. The molecule has 2 saturated carbocycles. The number of fused-ring (bicyclic) bond motifs is 1. The zero-order chi connectivity index (χ0) is 23.4. The highest BCUT2D eigenvalue weighted by Gasteiger charge is 2.36. The van der Waals surface area contributed by atoms with Crippen LogP contribution in [0.1, 0.15) is 89.0 Å². The summed E-state index contributed by atoms with van der Waals surface area (Å²) in [4.78, 5) is 0. The van der Waals surface area contributed by atoms with Crippen LogP contribution in [-0.2, 0) is 0 Å². The average Bonchev–Trinajstić information content (AvgIpc) is 2.81. The number of benzene rings is 2. The Bertz CT molecular complexity index is 917.